The van der Waals surface area contributed by atoms with Crippen LogP contribution in [0, 0.1) is 11.8 Å². The van der Waals surface area contributed by atoms with E-state index in [0.29, 0.717) is 5.92 Å². The van der Waals surface area contributed by atoms with Gasteiger partial charge in [0.15, 0.2) is 0 Å². The maximum absolute atomic E-state index is 3.56. The van der Waals surface area contributed by atoms with Crippen molar-refractivity contribution in [3.05, 3.63) is 11.6 Å². The van der Waals surface area contributed by atoms with Gasteiger partial charge in [0, 0.05) is 5.33 Å². The van der Waals surface area contributed by atoms with E-state index in [4.69, 9.17) is 0 Å². The molecule has 0 unspecified atom stereocenters. The van der Waals surface area contributed by atoms with Crippen molar-refractivity contribution in [3.63, 3.8) is 0 Å². The van der Waals surface area contributed by atoms with Crippen LogP contribution in [0.2, 0.25) is 0 Å². The van der Waals surface area contributed by atoms with Crippen molar-refractivity contribution >= 4 is 15.9 Å². The van der Waals surface area contributed by atoms with Crippen LogP contribution in [0.5, 0.6) is 0 Å². The molecular formula is C11H19Br. The molecule has 0 radical (unpaired) electrons. The Hall–Kier alpha value is 0.220. The number of alkyl halides is 1. The zero-order valence-corrected chi connectivity index (χ0v) is 9.73. The normalized spacial score (nSPS) is 20.8. The molecule has 0 saturated heterocycles. The molecule has 0 aromatic carbocycles. The molecule has 12 heavy (non-hydrogen) atoms. The van der Waals surface area contributed by atoms with E-state index in [2.05, 4.69) is 35.9 Å². The Balaban J connectivity index is 2.50. The highest BCUT2D eigenvalue weighted by molar-refractivity contribution is 9.09. The fourth-order valence-corrected chi connectivity index (χ4v) is 2.65. The number of hydrogen-bond acceptors (Lipinski definition) is 0. The zero-order valence-electron chi connectivity index (χ0n) is 8.15. The summed E-state index contributed by atoms with van der Waals surface area (Å²) in [6.45, 7) is 4.56. The van der Waals surface area contributed by atoms with Crippen LogP contribution in [0.4, 0.5) is 0 Å². The van der Waals surface area contributed by atoms with Gasteiger partial charge in [-0.15, -0.1) is 0 Å². The molecule has 1 aliphatic rings. The van der Waals surface area contributed by atoms with Crippen LogP contribution in [0.1, 0.15) is 39.5 Å². The van der Waals surface area contributed by atoms with Gasteiger partial charge >= 0.3 is 0 Å². The Kier molecular flexibility index (Phi) is 4.34. The van der Waals surface area contributed by atoms with Crippen molar-refractivity contribution in [1.29, 1.82) is 0 Å². The molecule has 1 rings (SSSR count). The van der Waals surface area contributed by atoms with Crippen LogP contribution in [0.25, 0.3) is 0 Å². The average molecular weight is 231 g/mol. The van der Waals surface area contributed by atoms with Gasteiger partial charge in [-0.25, -0.2) is 0 Å². The summed E-state index contributed by atoms with van der Waals surface area (Å²) in [6.07, 6.45) is 8.22. The van der Waals surface area contributed by atoms with Crippen LogP contribution >= 0.6 is 15.9 Å². The molecule has 1 fully saturated rings. The molecule has 1 heteroatoms. The maximum atomic E-state index is 3.56. The number of allylic oxidation sites excluding steroid dienone is 2. The second-order valence-corrected chi connectivity index (χ2v) is 4.64. The van der Waals surface area contributed by atoms with Crippen LogP contribution in [-0.4, -0.2) is 5.33 Å². The van der Waals surface area contributed by atoms with Gasteiger partial charge in [0.2, 0.25) is 0 Å². The third kappa shape index (κ3) is 2.93. The Bertz CT molecular complexity index is 152. The molecule has 0 N–H and O–H groups in total. The van der Waals surface area contributed by atoms with Gasteiger partial charge in [-0.05, 0) is 24.7 Å². The second kappa shape index (κ2) is 5.06. The minimum Gasteiger partial charge on any atom is -0.0880 e. The topological polar surface area (TPSA) is 0 Å². The van der Waals surface area contributed by atoms with E-state index in [1.165, 1.54) is 25.7 Å². The van der Waals surface area contributed by atoms with Gasteiger partial charge in [0.1, 0.15) is 0 Å². The Morgan fingerprint density at radius 3 is 2.42 bits per heavy atom. The molecule has 0 aromatic heterocycles. The molecule has 1 saturated carbocycles. The number of hydrogen-bond donors (Lipinski definition) is 0. The van der Waals surface area contributed by atoms with Gasteiger partial charge in [0.05, 0.1) is 0 Å². The minimum atomic E-state index is 0.713. The lowest BCUT2D eigenvalue weighted by Crippen LogP contribution is -1.99. The lowest BCUT2D eigenvalue weighted by atomic mass is 9.98. The average Bonchev–Trinajstić information content (AvgIpc) is 2.51. The molecule has 0 spiro atoms. The van der Waals surface area contributed by atoms with Crippen molar-refractivity contribution < 1.29 is 0 Å². The van der Waals surface area contributed by atoms with Gasteiger partial charge in [-0.1, -0.05) is 54.3 Å². The summed E-state index contributed by atoms with van der Waals surface area (Å²) in [6, 6.07) is 0. The Morgan fingerprint density at radius 2 is 2.00 bits per heavy atom. The van der Waals surface area contributed by atoms with E-state index in [0.717, 1.165) is 11.2 Å². The zero-order chi connectivity index (χ0) is 8.97. The first-order valence-electron chi connectivity index (χ1n) is 5.00. The van der Waals surface area contributed by atoms with Crippen molar-refractivity contribution in [3.8, 4) is 0 Å². The highest BCUT2D eigenvalue weighted by Crippen LogP contribution is 2.28. The fourth-order valence-electron chi connectivity index (χ4n) is 1.82. The standard InChI is InChI=1S/C11H19Br/c1-9(2)11(8-12)7-10-5-3-4-6-10/h7,9-10H,3-6,8H2,1-2H3. The Labute approximate surface area is 84.6 Å². The van der Waals surface area contributed by atoms with E-state index in [1.807, 2.05) is 0 Å². The highest BCUT2D eigenvalue weighted by Gasteiger charge is 2.13. The number of halogens is 1. The van der Waals surface area contributed by atoms with Gasteiger partial charge < -0.3 is 0 Å². The van der Waals surface area contributed by atoms with Crippen LogP contribution in [0.15, 0.2) is 11.6 Å². The van der Waals surface area contributed by atoms with Gasteiger partial charge in [0.25, 0.3) is 0 Å². The van der Waals surface area contributed by atoms with Crippen molar-refractivity contribution in [2.24, 2.45) is 11.8 Å². The van der Waals surface area contributed by atoms with Crippen LogP contribution in [-0.2, 0) is 0 Å². The lowest BCUT2D eigenvalue weighted by Gasteiger charge is -2.10. The van der Waals surface area contributed by atoms with Crippen molar-refractivity contribution in [1.82, 2.24) is 0 Å². The number of rotatable bonds is 3. The summed E-state index contributed by atoms with van der Waals surface area (Å²) in [5.41, 5.74) is 1.59. The summed E-state index contributed by atoms with van der Waals surface area (Å²) < 4.78 is 0. The molecule has 1 aliphatic carbocycles. The van der Waals surface area contributed by atoms with E-state index in [-0.39, 0.29) is 0 Å². The van der Waals surface area contributed by atoms with Crippen molar-refractivity contribution in [2.75, 3.05) is 5.33 Å². The van der Waals surface area contributed by atoms with E-state index >= 15 is 0 Å². The van der Waals surface area contributed by atoms with Crippen LogP contribution < -0.4 is 0 Å². The molecule has 0 bridgehead atoms. The quantitative estimate of drug-likeness (QED) is 0.505. The lowest BCUT2D eigenvalue weighted by molar-refractivity contribution is 0.659. The molecular weight excluding hydrogens is 212 g/mol. The molecule has 0 amide bonds. The summed E-state index contributed by atoms with van der Waals surface area (Å²) in [5, 5.41) is 1.06. The third-order valence-corrected chi connectivity index (χ3v) is 3.39. The monoisotopic (exact) mass is 230 g/mol. The predicted octanol–water partition coefficient (Wildman–Crippen LogP) is 4.15. The first kappa shape index (κ1) is 10.3. The SMILES string of the molecule is CC(C)C(=CC1CCCC1)CBr. The predicted molar refractivity (Wildman–Crippen MR) is 58.7 cm³/mol. The Morgan fingerprint density at radius 1 is 1.42 bits per heavy atom. The highest BCUT2D eigenvalue weighted by atomic mass is 79.9. The molecule has 0 aliphatic heterocycles. The second-order valence-electron chi connectivity index (χ2n) is 4.07. The molecule has 0 atom stereocenters. The van der Waals surface area contributed by atoms with Crippen molar-refractivity contribution in [2.45, 2.75) is 39.5 Å². The maximum Gasteiger partial charge on any atom is 0.0244 e. The van der Waals surface area contributed by atoms with Crippen LogP contribution in [0.3, 0.4) is 0 Å². The smallest absolute Gasteiger partial charge is 0.0244 e. The van der Waals surface area contributed by atoms with E-state index < -0.39 is 0 Å². The van der Waals surface area contributed by atoms with Gasteiger partial charge in [-0.3, -0.25) is 0 Å². The minimum absolute atomic E-state index is 0.713. The first-order valence-corrected chi connectivity index (χ1v) is 6.12. The molecule has 0 heterocycles. The third-order valence-electron chi connectivity index (χ3n) is 2.75. The van der Waals surface area contributed by atoms with E-state index in [9.17, 15) is 0 Å². The molecule has 70 valence electrons. The summed E-state index contributed by atoms with van der Waals surface area (Å²) >= 11 is 3.56. The largest absolute Gasteiger partial charge is 0.0880 e. The van der Waals surface area contributed by atoms with E-state index in [1.54, 1.807) is 5.57 Å². The first-order chi connectivity index (χ1) is 5.74. The summed E-state index contributed by atoms with van der Waals surface area (Å²) in [4.78, 5) is 0. The molecule has 0 aromatic rings. The molecule has 0 nitrogen and oxygen atoms in total. The van der Waals surface area contributed by atoms with Gasteiger partial charge in [-0.2, -0.15) is 0 Å². The fraction of sp³-hybridized carbons (Fsp3) is 0.818. The summed E-state index contributed by atoms with van der Waals surface area (Å²) in [5.74, 6) is 1.60. The summed E-state index contributed by atoms with van der Waals surface area (Å²) in [7, 11) is 0.